The second kappa shape index (κ2) is 4.85. The predicted octanol–water partition coefficient (Wildman–Crippen LogP) is 2.07. The molecule has 2 rings (SSSR count). The molecule has 0 aliphatic heterocycles. The van der Waals surface area contributed by atoms with Gasteiger partial charge in [0.15, 0.2) is 0 Å². The highest BCUT2D eigenvalue weighted by Crippen LogP contribution is 2.23. The molecule has 0 saturated heterocycles. The first-order valence-corrected chi connectivity index (χ1v) is 5.81. The molecular formula is C11H12N4S. The SMILES string of the molecule is N=C(N)CCc1csc(-c2ccncc2)n1. The second-order valence-corrected chi connectivity index (χ2v) is 4.26. The van der Waals surface area contributed by atoms with E-state index < -0.39 is 0 Å². The number of hydrogen-bond acceptors (Lipinski definition) is 4. The van der Waals surface area contributed by atoms with Crippen LogP contribution in [0.25, 0.3) is 10.6 Å². The molecule has 2 heterocycles. The van der Waals surface area contributed by atoms with E-state index in [0.29, 0.717) is 6.42 Å². The van der Waals surface area contributed by atoms with Crippen LogP contribution < -0.4 is 5.73 Å². The highest BCUT2D eigenvalue weighted by atomic mass is 32.1. The fraction of sp³-hybridized carbons (Fsp3) is 0.182. The Hall–Kier alpha value is -1.75. The fourth-order valence-corrected chi connectivity index (χ4v) is 2.17. The number of nitrogens with two attached hydrogens (primary N) is 1. The van der Waals surface area contributed by atoms with Crippen molar-refractivity contribution in [1.29, 1.82) is 5.41 Å². The zero-order chi connectivity index (χ0) is 11.4. The summed E-state index contributed by atoms with van der Waals surface area (Å²) in [7, 11) is 0. The van der Waals surface area contributed by atoms with Gasteiger partial charge in [-0.25, -0.2) is 4.98 Å². The van der Waals surface area contributed by atoms with Gasteiger partial charge in [0.2, 0.25) is 0 Å². The molecule has 3 N–H and O–H groups in total. The van der Waals surface area contributed by atoms with Crippen LogP contribution in [0.1, 0.15) is 12.1 Å². The van der Waals surface area contributed by atoms with Crippen LogP contribution in [-0.2, 0) is 6.42 Å². The lowest BCUT2D eigenvalue weighted by molar-refractivity contribution is 0.975. The van der Waals surface area contributed by atoms with Gasteiger partial charge in [-0.15, -0.1) is 11.3 Å². The number of aryl methyl sites for hydroxylation is 1. The van der Waals surface area contributed by atoms with Crippen LogP contribution in [0.3, 0.4) is 0 Å². The minimum atomic E-state index is 0.207. The first-order valence-electron chi connectivity index (χ1n) is 4.93. The van der Waals surface area contributed by atoms with Crippen molar-refractivity contribution < 1.29 is 0 Å². The van der Waals surface area contributed by atoms with Crippen molar-refractivity contribution in [3.8, 4) is 10.6 Å². The average Bonchev–Trinajstić information content (AvgIpc) is 2.76. The van der Waals surface area contributed by atoms with Gasteiger partial charge in [-0.2, -0.15) is 0 Å². The number of thiazole rings is 1. The zero-order valence-corrected chi connectivity index (χ0v) is 9.50. The highest BCUT2D eigenvalue weighted by Gasteiger charge is 2.04. The van der Waals surface area contributed by atoms with Crippen LogP contribution in [-0.4, -0.2) is 15.8 Å². The van der Waals surface area contributed by atoms with Gasteiger partial charge in [-0.1, -0.05) is 0 Å². The summed E-state index contributed by atoms with van der Waals surface area (Å²) in [6.07, 6.45) is 4.81. The third kappa shape index (κ3) is 2.64. The maximum atomic E-state index is 7.16. The van der Waals surface area contributed by atoms with Crippen molar-refractivity contribution in [3.63, 3.8) is 0 Å². The first-order chi connectivity index (χ1) is 7.75. The minimum absolute atomic E-state index is 0.207. The lowest BCUT2D eigenvalue weighted by atomic mass is 10.2. The maximum Gasteiger partial charge on any atom is 0.123 e. The van der Waals surface area contributed by atoms with E-state index >= 15 is 0 Å². The Balaban J connectivity index is 2.11. The second-order valence-electron chi connectivity index (χ2n) is 3.41. The van der Waals surface area contributed by atoms with Gasteiger partial charge in [0, 0.05) is 29.8 Å². The molecular weight excluding hydrogens is 220 g/mol. The smallest absolute Gasteiger partial charge is 0.123 e. The van der Waals surface area contributed by atoms with E-state index in [1.165, 1.54) is 0 Å². The Morgan fingerprint density at radius 3 is 2.81 bits per heavy atom. The van der Waals surface area contributed by atoms with Gasteiger partial charge in [0.05, 0.1) is 11.5 Å². The lowest BCUT2D eigenvalue weighted by Crippen LogP contribution is -2.10. The Bertz CT molecular complexity index is 478. The molecule has 0 aliphatic rings. The van der Waals surface area contributed by atoms with Crippen LogP contribution in [0, 0.1) is 5.41 Å². The summed E-state index contributed by atoms with van der Waals surface area (Å²) in [6.45, 7) is 0. The number of hydrogen-bond donors (Lipinski definition) is 2. The van der Waals surface area contributed by atoms with Gasteiger partial charge in [-0.05, 0) is 18.6 Å². The quantitative estimate of drug-likeness (QED) is 0.626. The monoisotopic (exact) mass is 232 g/mol. The average molecular weight is 232 g/mol. The summed E-state index contributed by atoms with van der Waals surface area (Å²) in [5.41, 5.74) is 7.38. The van der Waals surface area contributed by atoms with E-state index in [9.17, 15) is 0 Å². The number of nitrogens with one attached hydrogen (secondary N) is 1. The molecule has 0 unspecified atom stereocenters. The number of aromatic nitrogens is 2. The lowest BCUT2D eigenvalue weighted by Gasteiger charge is -1.95. The maximum absolute atomic E-state index is 7.16. The molecule has 16 heavy (non-hydrogen) atoms. The minimum Gasteiger partial charge on any atom is -0.388 e. The first kappa shape index (κ1) is 10.8. The molecule has 0 atom stereocenters. The standard InChI is InChI=1S/C11H12N4S/c12-10(13)2-1-9-7-16-11(15-9)8-3-5-14-6-4-8/h3-7H,1-2H2,(H3,12,13). The van der Waals surface area contributed by atoms with E-state index in [1.807, 2.05) is 17.5 Å². The molecule has 2 aromatic heterocycles. The molecule has 0 aromatic carbocycles. The topological polar surface area (TPSA) is 75.7 Å². The largest absolute Gasteiger partial charge is 0.388 e. The normalized spacial score (nSPS) is 10.2. The van der Waals surface area contributed by atoms with Crippen molar-refractivity contribution in [2.24, 2.45) is 5.73 Å². The molecule has 0 amide bonds. The van der Waals surface area contributed by atoms with E-state index in [0.717, 1.165) is 22.7 Å². The number of pyridine rings is 1. The summed E-state index contributed by atoms with van der Waals surface area (Å²) >= 11 is 1.60. The number of rotatable bonds is 4. The molecule has 82 valence electrons. The van der Waals surface area contributed by atoms with Gasteiger partial charge < -0.3 is 5.73 Å². The van der Waals surface area contributed by atoms with Crippen LogP contribution in [0.2, 0.25) is 0 Å². The van der Waals surface area contributed by atoms with Crippen LogP contribution in [0.15, 0.2) is 29.9 Å². The Labute approximate surface area is 97.7 Å². The molecule has 5 heteroatoms. The third-order valence-corrected chi connectivity index (χ3v) is 3.07. The highest BCUT2D eigenvalue weighted by molar-refractivity contribution is 7.13. The van der Waals surface area contributed by atoms with E-state index in [2.05, 4.69) is 9.97 Å². The van der Waals surface area contributed by atoms with E-state index in [1.54, 1.807) is 23.7 Å². The predicted molar refractivity (Wildman–Crippen MR) is 65.6 cm³/mol. The van der Waals surface area contributed by atoms with E-state index in [4.69, 9.17) is 11.1 Å². The van der Waals surface area contributed by atoms with Gasteiger partial charge >= 0.3 is 0 Å². The summed E-state index contributed by atoms with van der Waals surface area (Å²) in [5.74, 6) is 0.207. The molecule has 4 nitrogen and oxygen atoms in total. The van der Waals surface area contributed by atoms with Gasteiger partial charge in [0.1, 0.15) is 5.01 Å². The van der Waals surface area contributed by atoms with Crippen molar-refractivity contribution >= 4 is 17.2 Å². The molecule has 0 spiro atoms. The molecule has 0 radical (unpaired) electrons. The summed E-state index contributed by atoms with van der Waals surface area (Å²) < 4.78 is 0. The van der Waals surface area contributed by atoms with Crippen LogP contribution in [0.4, 0.5) is 0 Å². The Morgan fingerprint density at radius 1 is 1.38 bits per heavy atom. The van der Waals surface area contributed by atoms with Crippen LogP contribution >= 0.6 is 11.3 Å². The summed E-state index contributed by atoms with van der Waals surface area (Å²) in [5, 5.41) is 10.2. The van der Waals surface area contributed by atoms with Gasteiger partial charge in [0.25, 0.3) is 0 Å². The fourth-order valence-electron chi connectivity index (χ4n) is 1.31. The van der Waals surface area contributed by atoms with Crippen molar-refractivity contribution in [2.75, 3.05) is 0 Å². The van der Waals surface area contributed by atoms with Crippen molar-refractivity contribution in [1.82, 2.24) is 9.97 Å². The molecule has 0 aliphatic carbocycles. The zero-order valence-electron chi connectivity index (χ0n) is 8.68. The van der Waals surface area contributed by atoms with Gasteiger partial charge in [-0.3, -0.25) is 10.4 Å². The molecule has 0 fully saturated rings. The number of amidine groups is 1. The van der Waals surface area contributed by atoms with Crippen molar-refractivity contribution in [3.05, 3.63) is 35.6 Å². The summed E-state index contributed by atoms with van der Waals surface area (Å²) in [6, 6.07) is 3.88. The number of nitrogens with zero attached hydrogens (tertiary/aromatic N) is 2. The summed E-state index contributed by atoms with van der Waals surface area (Å²) in [4.78, 5) is 8.46. The molecule has 0 saturated carbocycles. The third-order valence-electron chi connectivity index (χ3n) is 2.13. The van der Waals surface area contributed by atoms with Crippen LogP contribution in [0.5, 0.6) is 0 Å². The Kier molecular flexibility index (Phi) is 3.26. The van der Waals surface area contributed by atoms with E-state index in [-0.39, 0.29) is 5.84 Å². The molecule has 0 bridgehead atoms. The molecule has 2 aromatic rings. The van der Waals surface area contributed by atoms with Crippen molar-refractivity contribution in [2.45, 2.75) is 12.8 Å². The Morgan fingerprint density at radius 2 is 2.12 bits per heavy atom.